The summed E-state index contributed by atoms with van der Waals surface area (Å²) in [7, 11) is 0. The molecule has 4 atom stereocenters. The van der Waals surface area contributed by atoms with Crippen LogP contribution in [-0.2, 0) is 23.7 Å². The zero-order chi connectivity index (χ0) is 33.6. The van der Waals surface area contributed by atoms with E-state index in [9.17, 15) is 32.7 Å². The number of aromatic nitrogens is 4. The van der Waals surface area contributed by atoms with Gasteiger partial charge < -0.3 is 28.8 Å². The summed E-state index contributed by atoms with van der Waals surface area (Å²) >= 11 is 0. The van der Waals surface area contributed by atoms with Gasteiger partial charge in [0.1, 0.15) is 36.2 Å². The number of carbonyl (C=O) groups excluding carboxylic acids is 3. The Morgan fingerprint density at radius 3 is 1.89 bits per heavy atom. The van der Waals surface area contributed by atoms with Crippen molar-refractivity contribution in [1.82, 2.24) is 19.9 Å². The molecule has 1 aliphatic rings. The van der Waals surface area contributed by atoms with E-state index in [1.165, 1.54) is 55.0 Å². The topological polar surface area (TPSA) is 169 Å². The quantitative estimate of drug-likeness (QED) is 0.109. The minimum Gasteiger partial charge on any atom is -0.488 e. The molecule has 5 rings (SSSR count). The van der Waals surface area contributed by atoms with E-state index in [0.29, 0.717) is 0 Å². The molecule has 5 heterocycles. The van der Waals surface area contributed by atoms with Gasteiger partial charge in [-0.15, -0.1) is 0 Å². The van der Waals surface area contributed by atoms with E-state index in [2.05, 4.69) is 26.5 Å². The second kappa shape index (κ2) is 14.1. The SMILES string of the molecule is C=C(OC[C@@]1(O)O[C@H](COC(=O)c2cccnc2)[C@@H](OC(=O)c2cccnc2F)[C@@H]1OC(=O)c1cccnc1F)c1cccnc1F. The highest BCUT2D eigenvalue weighted by Gasteiger charge is 2.60. The molecule has 13 nitrogen and oxygen atoms in total. The maximum absolute atomic E-state index is 14.4. The van der Waals surface area contributed by atoms with Crippen molar-refractivity contribution >= 4 is 23.7 Å². The van der Waals surface area contributed by atoms with Crippen LogP contribution in [0.2, 0.25) is 0 Å². The van der Waals surface area contributed by atoms with Gasteiger partial charge in [-0.3, -0.25) is 4.98 Å². The number of ether oxygens (including phenoxy) is 5. The molecule has 0 bridgehead atoms. The van der Waals surface area contributed by atoms with Gasteiger partial charge in [0.2, 0.25) is 23.6 Å². The monoisotopic (exact) mass is 652 g/mol. The Kier molecular flexibility index (Phi) is 9.82. The van der Waals surface area contributed by atoms with Crippen molar-refractivity contribution in [3.05, 3.63) is 126 Å². The first-order chi connectivity index (χ1) is 22.6. The van der Waals surface area contributed by atoms with Gasteiger partial charge in [0.15, 0.2) is 12.2 Å². The highest BCUT2D eigenvalue weighted by Crippen LogP contribution is 2.37. The van der Waals surface area contributed by atoms with Crippen molar-refractivity contribution in [2.45, 2.75) is 24.1 Å². The van der Waals surface area contributed by atoms with Crippen LogP contribution in [0.25, 0.3) is 5.76 Å². The van der Waals surface area contributed by atoms with Crippen LogP contribution in [0.3, 0.4) is 0 Å². The molecule has 4 aromatic heterocycles. The van der Waals surface area contributed by atoms with Crippen molar-refractivity contribution in [2.75, 3.05) is 13.2 Å². The summed E-state index contributed by atoms with van der Waals surface area (Å²) in [5.74, 6) is -10.1. The maximum atomic E-state index is 14.4. The van der Waals surface area contributed by atoms with E-state index in [4.69, 9.17) is 23.7 Å². The molecular weight excluding hydrogens is 629 g/mol. The number of rotatable bonds is 11. The lowest BCUT2D eigenvalue weighted by atomic mass is 10.0. The molecule has 1 aliphatic heterocycles. The number of halogens is 3. The molecular formula is C31H23F3N4O9. The first-order valence-corrected chi connectivity index (χ1v) is 13.6. The minimum atomic E-state index is -2.76. The van der Waals surface area contributed by atoms with E-state index in [1.54, 1.807) is 0 Å². The summed E-state index contributed by atoms with van der Waals surface area (Å²) in [6.45, 7) is 1.91. The molecule has 1 N–H and O–H groups in total. The minimum absolute atomic E-state index is 0.0277. The molecule has 0 saturated carbocycles. The first kappa shape index (κ1) is 32.6. The molecule has 0 spiro atoms. The van der Waals surface area contributed by atoms with Crippen LogP contribution < -0.4 is 0 Å². The lowest BCUT2D eigenvalue weighted by Crippen LogP contribution is -2.50. The molecule has 47 heavy (non-hydrogen) atoms. The van der Waals surface area contributed by atoms with Gasteiger partial charge in [-0.25, -0.2) is 29.3 Å². The van der Waals surface area contributed by atoms with Gasteiger partial charge in [0.25, 0.3) is 0 Å². The fourth-order valence-corrected chi connectivity index (χ4v) is 4.42. The van der Waals surface area contributed by atoms with Crippen LogP contribution in [0, 0.1) is 17.8 Å². The Balaban J connectivity index is 1.48. The number of nitrogens with zero attached hydrogens (tertiary/aromatic N) is 4. The lowest BCUT2D eigenvalue weighted by Gasteiger charge is -2.30. The molecule has 16 heteroatoms. The highest BCUT2D eigenvalue weighted by atomic mass is 19.1. The fraction of sp³-hybridized carbons (Fsp3) is 0.194. The lowest BCUT2D eigenvalue weighted by molar-refractivity contribution is -0.246. The van der Waals surface area contributed by atoms with Gasteiger partial charge in [-0.1, -0.05) is 6.58 Å². The average molecular weight is 653 g/mol. The molecule has 0 aromatic carbocycles. The van der Waals surface area contributed by atoms with Crippen LogP contribution in [0.4, 0.5) is 13.2 Å². The number of esters is 3. The van der Waals surface area contributed by atoms with Crippen molar-refractivity contribution in [1.29, 1.82) is 0 Å². The number of carbonyl (C=O) groups is 3. The summed E-state index contributed by atoms with van der Waals surface area (Å²) in [6, 6.07) is 10.1. The zero-order valence-electron chi connectivity index (χ0n) is 24.0. The molecule has 4 aromatic rings. The highest BCUT2D eigenvalue weighted by molar-refractivity contribution is 5.90. The third-order valence-electron chi connectivity index (χ3n) is 6.69. The molecule has 1 saturated heterocycles. The van der Waals surface area contributed by atoms with Crippen molar-refractivity contribution in [3.63, 3.8) is 0 Å². The molecule has 0 radical (unpaired) electrons. The maximum Gasteiger partial charge on any atom is 0.343 e. The van der Waals surface area contributed by atoms with Crippen LogP contribution in [0.1, 0.15) is 36.6 Å². The fourth-order valence-electron chi connectivity index (χ4n) is 4.42. The first-order valence-electron chi connectivity index (χ1n) is 13.6. The number of hydrogen-bond donors (Lipinski definition) is 1. The normalized spacial score (nSPS) is 20.2. The number of hydrogen-bond acceptors (Lipinski definition) is 13. The average Bonchev–Trinajstić information content (AvgIpc) is 3.33. The van der Waals surface area contributed by atoms with Crippen molar-refractivity contribution < 1.29 is 56.3 Å². The van der Waals surface area contributed by atoms with E-state index in [1.807, 2.05) is 0 Å². The van der Waals surface area contributed by atoms with Gasteiger partial charge in [-0.2, -0.15) is 13.2 Å². The van der Waals surface area contributed by atoms with E-state index < -0.39 is 84.2 Å². The zero-order valence-corrected chi connectivity index (χ0v) is 24.0. The second-order valence-corrected chi connectivity index (χ2v) is 9.77. The van der Waals surface area contributed by atoms with Crippen LogP contribution in [0.15, 0.2) is 86.1 Å². The van der Waals surface area contributed by atoms with Crippen LogP contribution >= 0.6 is 0 Å². The summed E-state index contributed by atoms with van der Waals surface area (Å²) in [5, 5.41) is 11.7. The van der Waals surface area contributed by atoms with E-state index in [-0.39, 0.29) is 16.9 Å². The molecule has 0 aliphatic carbocycles. The summed E-state index contributed by atoms with van der Waals surface area (Å²) in [4.78, 5) is 53.0. The van der Waals surface area contributed by atoms with E-state index in [0.717, 1.165) is 24.5 Å². The third kappa shape index (κ3) is 7.40. The number of aliphatic hydroxyl groups is 1. The summed E-state index contributed by atoms with van der Waals surface area (Å²) < 4.78 is 70.5. The van der Waals surface area contributed by atoms with Gasteiger partial charge in [0, 0.05) is 31.0 Å². The smallest absolute Gasteiger partial charge is 0.343 e. The van der Waals surface area contributed by atoms with Gasteiger partial charge in [-0.05, 0) is 48.5 Å². The number of pyridine rings is 4. The molecule has 242 valence electrons. The Bertz CT molecular complexity index is 1800. The summed E-state index contributed by atoms with van der Waals surface area (Å²) in [5.41, 5.74) is -1.49. The predicted octanol–water partition coefficient (Wildman–Crippen LogP) is 3.07. The largest absolute Gasteiger partial charge is 0.488 e. The Morgan fingerprint density at radius 2 is 1.34 bits per heavy atom. The van der Waals surface area contributed by atoms with Crippen molar-refractivity contribution in [2.24, 2.45) is 0 Å². The van der Waals surface area contributed by atoms with Crippen molar-refractivity contribution in [3.8, 4) is 0 Å². The van der Waals surface area contributed by atoms with Gasteiger partial charge in [0.05, 0.1) is 11.1 Å². The van der Waals surface area contributed by atoms with Crippen LogP contribution in [-0.4, -0.2) is 80.3 Å². The van der Waals surface area contributed by atoms with Gasteiger partial charge >= 0.3 is 17.9 Å². The summed E-state index contributed by atoms with van der Waals surface area (Å²) in [6.07, 6.45) is 0.406. The predicted molar refractivity (Wildman–Crippen MR) is 150 cm³/mol. The standard InChI is InChI=1S/C31H23F3N4O9/c1-17(19-7-3-11-36-25(19)32)44-16-31(42)24(46-30(41)21-9-5-13-38-27(21)34)23(45-29(40)20-8-4-12-37-26(20)33)22(47-31)15-43-28(39)18-6-2-10-35-14-18/h2-14,22-24,42H,1,15-16H2/t22-,23-,24+,31-/m1/s1. The molecule has 0 amide bonds. The third-order valence-corrected chi connectivity index (χ3v) is 6.69. The van der Waals surface area contributed by atoms with Crippen LogP contribution in [0.5, 0.6) is 0 Å². The Hall–Kier alpha value is -5.74. The molecule has 1 fully saturated rings. The Morgan fingerprint density at radius 1 is 0.787 bits per heavy atom. The van der Waals surface area contributed by atoms with E-state index >= 15 is 0 Å². The Labute approximate surface area is 263 Å². The second-order valence-electron chi connectivity index (χ2n) is 9.77. The molecule has 0 unspecified atom stereocenters.